The van der Waals surface area contributed by atoms with E-state index in [0.29, 0.717) is 0 Å². The number of nitrogens with zero attached hydrogens (tertiary/aromatic N) is 1. The molecule has 0 aliphatic heterocycles. The maximum Gasteiger partial charge on any atom is 0.0346 e. The summed E-state index contributed by atoms with van der Waals surface area (Å²) in [5.74, 6) is 0. The van der Waals surface area contributed by atoms with Gasteiger partial charge in [0.1, 0.15) is 0 Å². The summed E-state index contributed by atoms with van der Waals surface area (Å²) in [6.07, 6.45) is 3.73. The molecule has 0 atom stereocenters. The minimum atomic E-state index is 0.869. The van der Waals surface area contributed by atoms with Gasteiger partial charge in [-0.2, -0.15) is 0 Å². The zero-order chi connectivity index (χ0) is 13.8. The van der Waals surface area contributed by atoms with Gasteiger partial charge in [-0.05, 0) is 40.8 Å². The molecule has 1 N–H and O–H groups in total. The van der Waals surface area contributed by atoms with Crippen LogP contribution in [-0.2, 0) is 13.1 Å². The number of benzene rings is 2. The monoisotopic (exact) mass is 326 g/mol. The van der Waals surface area contributed by atoms with E-state index in [9.17, 15) is 0 Å². The predicted molar refractivity (Wildman–Crippen MR) is 86.4 cm³/mol. The van der Waals surface area contributed by atoms with Crippen molar-refractivity contribution < 1.29 is 0 Å². The average molecular weight is 327 g/mol. The van der Waals surface area contributed by atoms with E-state index in [0.717, 1.165) is 17.6 Å². The molecule has 3 rings (SSSR count). The largest absolute Gasteiger partial charge is 0.309 e. The van der Waals surface area contributed by atoms with Gasteiger partial charge >= 0.3 is 0 Å². The highest BCUT2D eigenvalue weighted by molar-refractivity contribution is 9.10. The molecule has 0 fully saturated rings. The molecule has 0 amide bonds. The lowest BCUT2D eigenvalue weighted by atomic mass is 10.1. The summed E-state index contributed by atoms with van der Waals surface area (Å²) in [7, 11) is 0. The quantitative estimate of drug-likeness (QED) is 0.773. The van der Waals surface area contributed by atoms with Crippen LogP contribution < -0.4 is 5.32 Å². The minimum Gasteiger partial charge on any atom is -0.309 e. The van der Waals surface area contributed by atoms with E-state index >= 15 is 0 Å². The SMILES string of the molecule is Brc1ccc(CNCc2ccc3cnccc3c2)cc1. The molecule has 0 spiro atoms. The van der Waals surface area contributed by atoms with Crippen LogP contribution in [0.3, 0.4) is 0 Å². The first-order valence-corrected chi connectivity index (χ1v) is 7.38. The summed E-state index contributed by atoms with van der Waals surface area (Å²) >= 11 is 3.45. The molecule has 3 aromatic rings. The zero-order valence-electron chi connectivity index (χ0n) is 11.0. The molecule has 1 aromatic heterocycles. The van der Waals surface area contributed by atoms with Crippen LogP contribution in [0.5, 0.6) is 0 Å². The second-order valence-corrected chi connectivity index (χ2v) is 5.70. The summed E-state index contributed by atoms with van der Waals surface area (Å²) in [5, 5.41) is 5.89. The summed E-state index contributed by atoms with van der Waals surface area (Å²) in [6, 6.07) is 16.9. The van der Waals surface area contributed by atoms with Crippen LogP contribution in [0.25, 0.3) is 10.8 Å². The zero-order valence-corrected chi connectivity index (χ0v) is 12.6. The Labute approximate surface area is 127 Å². The van der Waals surface area contributed by atoms with Crippen molar-refractivity contribution in [3.05, 3.63) is 76.5 Å². The highest BCUT2D eigenvalue weighted by atomic mass is 79.9. The molecular weight excluding hydrogens is 312 g/mol. The Morgan fingerprint density at radius 2 is 1.60 bits per heavy atom. The molecule has 1 heterocycles. The first-order chi connectivity index (χ1) is 9.81. The molecule has 0 unspecified atom stereocenters. The molecule has 20 heavy (non-hydrogen) atoms. The average Bonchev–Trinajstić information content (AvgIpc) is 2.49. The Morgan fingerprint density at radius 3 is 2.45 bits per heavy atom. The van der Waals surface area contributed by atoms with Crippen LogP contribution in [0.1, 0.15) is 11.1 Å². The van der Waals surface area contributed by atoms with Gasteiger partial charge in [0, 0.05) is 35.3 Å². The van der Waals surface area contributed by atoms with Gasteiger partial charge in [-0.25, -0.2) is 0 Å². The molecule has 100 valence electrons. The number of aromatic nitrogens is 1. The number of hydrogen-bond donors (Lipinski definition) is 1. The van der Waals surface area contributed by atoms with Crippen molar-refractivity contribution in [2.75, 3.05) is 0 Å². The van der Waals surface area contributed by atoms with E-state index in [4.69, 9.17) is 0 Å². The van der Waals surface area contributed by atoms with E-state index in [1.165, 1.54) is 21.9 Å². The van der Waals surface area contributed by atoms with Gasteiger partial charge in [0.2, 0.25) is 0 Å². The first kappa shape index (κ1) is 13.3. The molecule has 0 saturated heterocycles. The fourth-order valence-corrected chi connectivity index (χ4v) is 2.46. The number of halogens is 1. The summed E-state index contributed by atoms with van der Waals surface area (Å²) < 4.78 is 1.12. The van der Waals surface area contributed by atoms with Crippen LogP contribution in [0, 0.1) is 0 Å². The predicted octanol–water partition coefficient (Wildman–Crippen LogP) is 4.29. The molecule has 0 bridgehead atoms. The van der Waals surface area contributed by atoms with Crippen molar-refractivity contribution in [2.45, 2.75) is 13.1 Å². The number of pyridine rings is 1. The molecule has 2 aromatic carbocycles. The Bertz CT molecular complexity index is 708. The Morgan fingerprint density at radius 1 is 0.850 bits per heavy atom. The van der Waals surface area contributed by atoms with Crippen molar-refractivity contribution in [2.24, 2.45) is 0 Å². The third-order valence-electron chi connectivity index (χ3n) is 3.28. The fourth-order valence-electron chi connectivity index (χ4n) is 2.20. The third-order valence-corrected chi connectivity index (χ3v) is 3.81. The van der Waals surface area contributed by atoms with Crippen molar-refractivity contribution in [3.8, 4) is 0 Å². The Balaban J connectivity index is 1.63. The smallest absolute Gasteiger partial charge is 0.0346 e. The molecule has 0 aliphatic carbocycles. The lowest BCUT2D eigenvalue weighted by Gasteiger charge is -2.06. The lowest BCUT2D eigenvalue weighted by molar-refractivity contribution is 0.694. The number of hydrogen-bond acceptors (Lipinski definition) is 2. The normalized spacial score (nSPS) is 10.8. The number of rotatable bonds is 4. The fraction of sp³-hybridized carbons (Fsp3) is 0.118. The van der Waals surface area contributed by atoms with E-state index < -0.39 is 0 Å². The van der Waals surface area contributed by atoms with E-state index in [1.54, 1.807) is 0 Å². The molecule has 0 radical (unpaired) electrons. The maximum absolute atomic E-state index is 4.13. The van der Waals surface area contributed by atoms with Gasteiger partial charge in [-0.3, -0.25) is 4.98 Å². The van der Waals surface area contributed by atoms with Crippen LogP contribution >= 0.6 is 15.9 Å². The summed E-state index contributed by atoms with van der Waals surface area (Å²) in [6.45, 7) is 1.75. The second kappa shape index (κ2) is 6.16. The van der Waals surface area contributed by atoms with Gasteiger partial charge < -0.3 is 5.32 Å². The van der Waals surface area contributed by atoms with Gasteiger partial charge in [-0.1, -0.05) is 40.2 Å². The standard InChI is InChI=1S/C17H15BrN2/c18-17-5-2-13(3-6-17)10-20-11-14-1-4-16-12-19-8-7-15(16)9-14/h1-9,12,20H,10-11H2. The molecule has 0 saturated carbocycles. The number of nitrogens with one attached hydrogen (secondary N) is 1. The second-order valence-electron chi connectivity index (χ2n) is 4.79. The Hall–Kier alpha value is -1.71. The summed E-state index contributed by atoms with van der Waals surface area (Å²) in [5.41, 5.74) is 2.58. The molecule has 3 heteroatoms. The minimum absolute atomic E-state index is 0.869. The van der Waals surface area contributed by atoms with Gasteiger partial charge in [-0.15, -0.1) is 0 Å². The molecule has 2 nitrogen and oxygen atoms in total. The van der Waals surface area contributed by atoms with E-state index in [1.807, 2.05) is 18.5 Å². The van der Waals surface area contributed by atoms with Gasteiger partial charge in [0.15, 0.2) is 0 Å². The molecular formula is C17H15BrN2. The van der Waals surface area contributed by atoms with Crippen molar-refractivity contribution in [1.82, 2.24) is 10.3 Å². The summed E-state index contributed by atoms with van der Waals surface area (Å²) in [4.78, 5) is 4.13. The number of fused-ring (bicyclic) bond motifs is 1. The van der Waals surface area contributed by atoms with Crippen molar-refractivity contribution >= 4 is 26.7 Å². The Kier molecular flexibility index (Phi) is 4.09. The van der Waals surface area contributed by atoms with Gasteiger partial charge in [0.05, 0.1) is 0 Å². The van der Waals surface area contributed by atoms with Gasteiger partial charge in [0.25, 0.3) is 0 Å². The van der Waals surface area contributed by atoms with E-state index in [2.05, 4.69) is 68.7 Å². The van der Waals surface area contributed by atoms with E-state index in [-0.39, 0.29) is 0 Å². The lowest BCUT2D eigenvalue weighted by Crippen LogP contribution is -2.12. The highest BCUT2D eigenvalue weighted by Gasteiger charge is 1.97. The van der Waals surface area contributed by atoms with Crippen LogP contribution in [0.2, 0.25) is 0 Å². The van der Waals surface area contributed by atoms with Crippen LogP contribution in [0.4, 0.5) is 0 Å². The first-order valence-electron chi connectivity index (χ1n) is 6.59. The van der Waals surface area contributed by atoms with Crippen molar-refractivity contribution in [3.63, 3.8) is 0 Å². The van der Waals surface area contributed by atoms with Crippen LogP contribution in [-0.4, -0.2) is 4.98 Å². The maximum atomic E-state index is 4.13. The topological polar surface area (TPSA) is 24.9 Å². The third kappa shape index (κ3) is 3.24. The van der Waals surface area contributed by atoms with Crippen LogP contribution in [0.15, 0.2) is 65.4 Å². The highest BCUT2D eigenvalue weighted by Crippen LogP contribution is 2.15. The molecule has 0 aliphatic rings. The van der Waals surface area contributed by atoms with Crippen molar-refractivity contribution in [1.29, 1.82) is 0 Å².